The van der Waals surface area contributed by atoms with Crippen LogP contribution in [0.15, 0.2) is 47.4 Å². The van der Waals surface area contributed by atoms with Crippen LogP contribution in [0, 0.1) is 5.92 Å². The van der Waals surface area contributed by atoms with Crippen LogP contribution in [0.25, 0.3) is 21.8 Å². The Labute approximate surface area is 208 Å². The van der Waals surface area contributed by atoms with Crippen LogP contribution in [0.5, 0.6) is 0 Å². The third-order valence-corrected chi connectivity index (χ3v) is 7.79. The number of nitrogens with one attached hydrogen (secondary N) is 2. The number of ether oxygens (including phenoxy) is 1. The number of cyclic esters (lactones) is 1. The third-order valence-electron chi connectivity index (χ3n) is 7.79. The summed E-state index contributed by atoms with van der Waals surface area (Å²) in [5.41, 5.74) is 5.58. The molecule has 0 radical (unpaired) electrons. The fourth-order valence-corrected chi connectivity index (χ4v) is 5.77. The van der Waals surface area contributed by atoms with Gasteiger partial charge in [-0.05, 0) is 48.3 Å². The average molecular weight is 482 g/mol. The molecule has 6 rings (SSSR count). The highest BCUT2D eigenvalue weighted by Crippen LogP contribution is 2.30. The molecule has 36 heavy (non-hydrogen) atoms. The number of nitrogens with zero attached hydrogens (tertiary/aromatic N) is 2. The molecule has 4 aromatic rings. The molecule has 2 aromatic heterocycles. The van der Waals surface area contributed by atoms with Crippen molar-refractivity contribution in [3.05, 3.63) is 69.6 Å². The van der Waals surface area contributed by atoms with E-state index in [4.69, 9.17) is 4.74 Å². The molecule has 0 spiro atoms. The molecule has 0 saturated carbocycles. The quantitative estimate of drug-likeness (QED) is 0.341. The van der Waals surface area contributed by atoms with Crippen molar-refractivity contribution in [2.24, 2.45) is 5.92 Å². The number of carbonyl (C=O) groups is 2. The number of pyridine rings is 1. The van der Waals surface area contributed by atoms with Crippen molar-refractivity contribution in [3.8, 4) is 0 Å². The van der Waals surface area contributed by atoms with Gasteiger partial charge in [0, 0.05) is 41.5 Å². The van der Waals surface area contributed by atoms with Gasteiger partial charge < -0.3 is 14.6 Å². The Kier molecular flexibility index (Phi) is 5.62. The van der Waals surface area contributed by atoms with E-state index in [1.165, 1.54) is 0 Å². The smallest absolute Gasteiger partial charge is 0.310 e. The van der Waals surface area contributed by atoms with Crippen molar-refractivity contribution in [3.63, 3.8) is 0 Å². The molecule has 4 heterocycles. The maximum Gasteiger partial charge on any atom is 0.310 e. The number of para-hydroxylation sites is 1. The summed E-state index contributed by atoms with van der Waals surface area (Å²) in [5, 5.41) is 9.14. The van der Waals surface area contributed by atoms with Gasteiger partial charge in [0.05, 0.1) is 17.6 Å². The number of aromatic nitrogens is 3. The molecule has 0 bridgehead atoms. The number of H-pyrrole nitrogens is 2. The number of benzene rings is 2. The number of aromatic amines is 2. The minimum absolute atomic E-state index is 0.0348. The van der Waals surface area contributed by atoms with Crippen molar-refractivity contribution in [2.45, 2.75) is 38.2 Å². The van der Waals surface area contributed by atoms with Gasteiger partial charge in [-0.2, -0.15) is 5.10 Å². The van der Waals surface area contributed by atoms with Gasteiger partial charge in [-0.3, -0.25) is 19.5 Å². The topological polar surface area (TPSA) is 108 Å². The summed E-state index contributed by atoms with van der Waals surface area (Å²) in [6.45, 7) is 1.34. The second kappa shape index (κ2) is 8.97. The van der Waals surface area contributed by atoms with Crippen LogP contribution in [0.2, 0.25) is 0 Å². The van der Waals surface area contributed by atoms with Crippen LogP contribution in [-0.2, 0) is 27.4 Å². The lowest BCUT2D eigenvalue weighted by atomic mass is 9.85. The monoisotopic (exact) mass is 482 g/mol. The van der Waals surface area contributed by atoms with E-state index in [0.29, 0.717) is 19.5 Å². The minimum Gasteiger partial charge on any atom is -0.461 e. The van der Waals surface area contributed by atoms with Gasteiger partial charge in [0.1, 0.15) is 14.5 Å². The molecule has 2 N–H and O–H groups in total. The van der Waals surface area contributed by atoms with Crippen molar-refractivity contribution < 1.29 is 14.3 Å². The molecule has 0 aliphatic carbocycles. The molecule has 2 aliphatic rings. The minimum atomic E-state index is -0.511. The van der Waals surface area contributed by atoms with Gasteiger partial charge in [-0.15, -0.1) is 0 Å². The van der Waals surface area contributed by atoms with E-state index in [2.05, 4.69) is 21.2 Å². The highest BCUT2D eigenvalue weighted by atomic mass is 16.5. The van der Waals surface area contributed by atoms with E-state index in [9.17, 15) is 14.4 Å². The zero-order valence-electron chi connectivity index (χ0n) is 20.2. The Morgan fingerprint density at radius 2 is 1.97 bits per heavy atom. The number of rotatable bonds is 3. The molecule has 1 amide bonds. The average Bonchev–Trinajstić information content (AvgIpc) is 3.33. The normalized spacial score (nSPS) is 18.7. The molecule has 0 unspecified atom stereocenters. The Balaban J connectivity index is 1.14. The Morgan fingerprint density at radius 1 is 1.17 bits per heavy atom. The maximum atomic E-state index is 13.2. The third kappa shape index (κ3) is 3.98. The predicted molar refractivity (Wildman–Crippen MR) is 139 cm³/mol. The van der Waals surface area contributed by atoms with Crippen LogP contribution in [0.3, 0.4) is 0 Å². The molecule has 1 atom stereocenters. The van der Waals surface area contributed by atoms with Gasteiger partial charge in [-0.25, -0.2) is 0 Å². The van der Waals surface area contributed by atoms with Crippen LogP contribution in [0.4, 0.5) is 0 Å². The van der Waals surface area contributed by atoms with Gasteiger partial charge in [-0.1, -0.05) is 29.7 Å². The van der Waals surface area contributed by atoms with E-state index in [0.717, 1.165) is 56.8 Å². The van der Waals surface area contributed by atoms with Crippen molar-refractivity contribution in [1.29, 1.82) is 0 Å². The summed E-state index contributed by atoms with van der Waals surface area (Å²) < 4.78 is 5.58. The number of piperidine rings is 1. The summed E-state index contributed by atoms with van der Waals surface area (Å²) in [7, 11) is 2.01. The van der Waals surface area contributed by atoms with Crippen LogP contribution in [0.1, 0.15) is 41.9 Å². The largest absolute Gasteiger partial charge is 0.461 e. The summed E-state index contributed by atoms with van der Waals surface area (Å²) in [6.07, 6.45) is 3.82. The SMILES string of the molecule is Bc1cc2c(c3cn[nH]c13)COC(=O)[C@H](CC(=O)N1CCC(c3cc4ccccc4[nH]c3=O)CC1)C2. The summed E-state index contributed by atoms with van der Waals surface area (Å²) in [4.78, 5) is 43.5. The van der Waals surface area contributed by atoms with Gasteiger partial charge in [0.25, 0.3) is 5.56 Å². The first-order chi connectivity index (χ1) is 17.5. The lowest BCUT2D eigenvalue weighted by Crippen LogP contribution is -2.40. The lowest BCUT2D eigenvalue weighted by Gasteiger charge is -2.32. The zero-order chi connectivity index (χ0) is 24.8. The molecule has 8 nitrogen and oxygen atoms in total. The first-order valence-electron chi connectivity index (χ1n) is 12.5. The number of carbonyl (C=O) groups excluding carboxylic acids is 2. The second-order valence-electron chi connectivity index (χ2n) is 10.00. The number of amides is 1. The zero-order valence-corrected chi connectivity index (χ0v) is 20.2. The van der Waals surface area contributed by atoms with Crippen molar-refractivity contribution in [2.75, 3.05) is 13.1 Å². The molecule has 1 fully saturated rings. The van der Waals surface area contributed by atoms with Crippen molar-refractivity contribution >= 4 is 47.0 Å². The van der Waals surface area contributed by atoms with Gasteiger partial charge in [0.2, 0.25) is 5.91 Å². The van der Waals surface area contributed by atoms with Crippen LogP contribution < -0.4 is 11.0 Å². The predicted octanol–water partition coefficient (Wildman–Crippen LogP) is 1.67. The summed E-state index contributed by atoms with van der Waals surface area (Å²) in [6, 6.07) is 11.8. The van der Waals surface area contributed by atoms with Crippen molar-refractivity contribution in [1.82, 2.24) is 20.1 Å². The first kappa shape index (κ1) is 22.6. The Hall–Kier alpha value is -3.88. The summed E-state index contributed by atoms with van der Waals surface area (Å²) in [5.74, 6) is -0.764. The van der Waals surface area contributed by atoms with E-state index >= 15 is 0 Å². The maximum absolute atomic E-state index is 13.2. The van der Waals surface area contributed by atoms with Gasteiger partial charge in [0.15, 0.2) is 0 Å². The molecule has 9 heteroatoms. The van der Waals surface area contributed by atoms with E-state index in [1.54, 1.807) is 6.20 Å². The van der Waals surface area contributed by atoms with E-state index < -0.39 is 5.92 Å². The van der Waals surface area contributed by atoms with E-state index in [-0.39, 0.29) is 36.4 Å². The number of likely N-dealkylation sites (tertiary alicyclic amines) is 1. The second-order valence-corrected chi connectivity index (χ2v) is 10.00. The molecular weight excluding hydrogens is 455 g/mol. The molecule has 2 aromatic carbocycles. The van der Waals surface area contributed by atoms with Crippen LogP contribution in [-0.4, -0.2) is 52.9 Å². The Bertz CT molecular complexity index is 1550. The molecule has 182 valence electrons. The summed E-state index contributed by atoms with van der Waals surface area (Å²) >= 11 is 0. The standard InChI is InChI=1S/C27H27BN4O4/c28-22-11-17-9-18(27(35)36-14-21(17)20-13-29-31-25(20)22)12-24(33)32-7-5-15(6-8-32)19-10-16-3-1-2-4-23(16)30-26(19)34/h1-4,10-11,13,15,18H,5-9,12,14,28H2,(H,29,31)(H,30,34)/t18-/m0/s1. The highest BCUT2D eigenvalue weighted by molar-refractivity contribution is 6.38. The number of hydrogen-bond donors (Lipinski definition) is 2. The highest BCUT2D eigenvalue weighted by Gasteiger charge is 2.32. The number of hydrogen-bond acceptors (Lipinski definition) is 5. The molecular formula is C27H27BN4O4. The van der Waals surface area contributed by atoms with Crippen LogP contribution >= 0.6 is 0 Å². The fourth-order valence-electron chi connectivity index (χ4n) is 5.77. The lowest BCUT2D eigenvalue weighted by molar-refractivity contribution is -0.152. The fraction of sp³-hybridized carbons (Fsp3) is 0.333. The Morgan fingerprint density at radius 3 is 2.81 bits per heavy atom. The molecule has 1 saturated heterocycles. The van der Waals surface area contributed by atoms with E-state index in [1.807, 2.05) is 43.1 Å². The number of esters is 1. The molecule has 2 aliphatic heterocycles. The van der Waals surface area contributed by atoms with Gasteiger partial charge >= 0.3 is 5.97 Å². The number of fused-ring (bicyclic) bond motifs is 4. The first-order valence-corrected chi connectivity index (χ1v) is 12.5.